The second-order valence-corrected chi connectivity index (χ2v) is 8.76. The minimum Gasteiger partial charge on any atom is -0.444 e. The minimum absolute atomic E-state index is 0.0324. The van der Waals surface area contributed by atoms with Gasteiger partial charge in [0.2, 0.25) is 0 Å². The molecule has 6 heteroatoms. The largest absolute Gasteiger partial charge is 0.444 e. The molecule has 0 saturated carbocycles. The van der Waals surface area contributed by atoms with Crippen LogP contribution in [0, 0.1) is 0 Å². The molecule has 0 aromatic carbocycles. The van der Waals surface area contributed by atoms with E-state index in [0.29, 0.717) is 6.54 Å². The molecule has 23 heavy (non-hydrogen) atoms. The Bertz CT molecular complexity index is 400. The fourth-order valence-corrected chi connectivity index (χ4v) is 3.34. The third-order valence-corrected chi connectivity index (χ3v) is 3.75. The molecule has 1 fully saturated rings. The topological polar surface area (TPSA) is 76.8 Å². The van der Waals surface area contributed by atoms with Gasteiger partial charge < -0.3 is 20.5 Å². The molecule has 1 amide bonds. The van der Waals surface area contributed by atoms with Crippen LogP contribution in [0.15, 0.2) is 0 Å². The SMILES string of the molecule is CC(NC(=O)OC(C)(C)C)C(CN)N1CC(C)(C)OC(C)(C)C1. The molecule has 1 rings (SSSR count). The summed E-state index contributed by atoms with van der Waals surface area (Å²) in [5.41, 5.74) is 5.00. The summed E-state index contributed by atoms with van der Waals surface area (Å²) in [5.74, 6) is 0. The molecule has 0 radical (unpaired) electrons. The van der Waals surface area contributed by atoms with Gasteiger partial charge in [-0.1, -0.05) is 0 Å². The normalized spacial score (nSPS) is 23.9. The Balaban J connectivity index is 2.76. The summed E-state index contributed by atoms with van der Waals surface area (Å²) in [6, 6.07) is -0.0791. The van der Waals surface area contributed by atoms with E-state index in [4.69, 9.17) is 15.2 Å². The smallest absolute Gasteiger partial charge is 0.407 e. The molecule has 0 spiro atoms. The molecule has 2 unspecified atom stereocenters. The average Bonchev–Trinajstić information content (AvgIpc) is 2.21. The van der Waals surface area contributed by atoms with Crippen molar-refractivity contribution in [3.8, 4) is 0 Å². The standard InChI is InChI=1S/C17H35N3O3/c1-12(19-14(21)22-15(2,3)4)13(9-18)20-10-16(5,6)23-17(7,8)11-20/h12-13H,9-11,18H2,1-8H3,(H,19,21). The maximum atomic E-state index is 12.0. The number of amides is 1. The van der Waals surface area contributed by atoms with Crippen molar-refractivity contribution in [2.45, 2.75) is 84.3 Å². The number of hydrogen-bond acceptors (Lipinski definition) is 5. The second kappa shape index (κ2) is 6.95. The van der Waals surface area contributed by atoms with Gasteiger partial charge in [-0.25, -0.2) is 4.79 Å². The van der Waals surface area contributed by atoms with Crippen LogP contribution in [-0.4, -0.2) is 59.5 Å². The van der Waals surface area contributed by atoms with E-state index < -0.39 is 11.7 Å². The number of nitrogens with zero attached hydrogens (tertiary/aromatic N) is 1. The Hall–Kier alpha value is -0.850. The number of hydrogen-bond donors (Lipinski definition) is 2. The number of nitrogens with two attached hydrogens (primary N) is 1. The predicted molar refractivity (Wildman–Crippen MR) is 92.5 cm³/mol. The lowest BCUT2D eigenvalue weighted by molar-refractivity contribution is -0.188. The van der Waals surface area contributed by atoms with Crippen LogP contribution >= 0.6 is 0 Å². The highest BCUT2D eigenvalue weighted by molar-refractivity contribution is 5.68. The van der Waals surface area contributed by atoms with Gasteiger partial charge in [0.1, 0.15) is 5.60 Å². The van der Waals surface area contributed by atoms with Crippen molar-refractivity contribution in [2.24, 2.45) is 5.73 Å². The number of alkyl carbamates (subject to hydrolysis) is 1. The molecule has 136 valence electrons. The van der Waals surface area contributed by atoms with Gasteiger partial charge in [-0.3, -0.25) is 4.90 Å². The first kappa shape index (κ1) is 20.2. The van der Waals surface area contributed by atoms with Crippen molar-refractivity contribution in [3.05, 3.63) is 0 Å². The molecule has 0 aliphatic carbocycles. The van der Waals surface area contributed by atoms with Crippen LogP contribution in [0.25, 0.3) is 0 Å². The summed E-state index contributed by atoms with van der Waals surface area (Å²) < 4.78 is 11.5. The molecule has 0 bridgehead atoms. The van der Waals surface area contributed by atoms with Crippen molar-refractivity contribution in [1.29, 1.82) is 0 Å². The van der Waals surface area contributed by atoms with Gasteiger partial charge in [0.05, 0.1) is 11.2 Å². The Kier molecular flexibility index (Phi) is 6.10. The number of rotatable bonds is 4. The first-order valence-electron chi connectivity index (χ1n) is 8.38. The van der Waals surface area contributed by atoms with Gasteiger partial charge in [0.15, 0.2) is 0 Å². The third kappa shape index (κ3) is 6.65. The number of carbonyl (C=O) groups excluding carboxylic acids is 1. The quantitative estimate of drug-likeness (QED) is 0.826. The summed E-state index contributed by atoms with van der Waals surface area (Å²) in [7, 11) is 0. The Labute approximate surface area is 141 Å². The van der Waals surface area contributed by atoms with E-state index in [9.17, 15) is 4.79 Å². The van der Waals surface area contributed by atoms with Gasteiger partial charge in [0, 0.05) is 31.7 Å². The van der Waals surface area contributed by atoms with E-state index >= 15 is 0 Å². The number of ether oxygens (including phenoxy) is 2. The summed E-state index contributed by atoms with van der Waals surface area (Å²) >= 11 is 0. The maximum Gasteiger partial charge on any atom is 0.407 e. The van der Waals surface area contributed by atoms with Crippen molar-refractivity contribution in [1.82, 2.24) is 10.2 Å². The molecule has 1 aliphatic rings. The van der Waals surface area contributed by atoms with Crippen molar-refractivity contribution in [3.63, 3.8) is 0 Å². The Morgan fingerprint density at radius 1 is 1.26 bits per heavy atom. The lowest BCUT2D eigenvalue weighted by Gasteiger charge is -2.50. The molecule has 0 aromatic heterocycles. The summed E-state index contributed by atoms with van der Waals surface area (Å²) in [6.07, 6.45) is -0.407. The molecule has 3 N–H and O–H groups in total. The van der Waals surface area contributed by atoms with Crippen LogP contribution in [-0.2, 0) is 9.47 Å². The Morgan fingerprint density at radius 3 is 2.13 bits per heavy atom. The lowest BCUT2D eigenvalue weighted by Crippen LogP contribution is -2.64. The highest BCUT2D eigenvalue weighted by Crippen LogP contribution is 2.29. The fourth-order valence-electron chi connectivity index (χ4n) is 3.34. The molecular weight excluding hydrogens is 294 g/mol. The molecule has 6 nitrogen and oxygen atoms in total. The van der Waals surface area contributed by atoms with Crippen molar-refractivity contribution >= 4 is 6.09 Å². The third-order valence-electron chi connectivity index (χ3n) is 3.75. The van der Waals surface area contributed by atoms with Crippen LogP contribution in [0.4, 0.5) is 4.79 Å². The van der Waals surface area contributed by atoms with Crippen LogP contribution < -0.4 is 11.1 Å². The maximum absolute atomic E-state index is 12.0. The number of morpholine rings is 1. The van der Waals surface area contributed by atoms with E-state index in [-0.39, 0.29) is 23.3 Å². The van der Waals surface area contributed by atoms with E-state index in [2.05, 4.69) is 37.9 Å². The zero-order valence-electron chi connectivity index (χ0n) is 16.0. The molecule has 1 aliphatic heterocycles. The molecule has 2 atom stereocenters. The second-order valence-electron chi connectivity index (χ2n) is 8.76. The van der Waals surface area contributed by atoms with Gasteiger partial charge in [-0.05, 0) is 55.4 Å². The van der Waals surface area contributed by atoms with Crippen molar-refractivity contribution < 1.29 is 14.3 Å². The average molecular weight is 329 g/mol. The van der Waals surface area contributed by atoms with Crippen molar-refractivity contribution in [2.75, 3.05) is 19.6 Å². The zero-order chi connectivity index (χ0) is 18.1. The highest BCUT2D eigenvalue weighted by atomic mass is 16.6. The van der Waals surface area contributed by atoms with E-state index in [1.165, 1.54) is 0 Å². The lowest BCUT2D eigenvalue weighted by atomic mass is 9.95. The molecule has 1 heterocycles. The first-order valence-corrected chi connectivity index (χ1v) is 8.38. The number of carbonyl (C=O) groups is 1. The van der Waals surface area contributed by atoms with Crippen LogP contribution in [0.2, 0.25) is 0 Å². The molecular formula is C17H35N3O3. The van der Waals surface area contributed by atoms with Gasteiger partial charge in [-0.15, -0.1) is 0 Å². The molecule has 0 aromatic rings. The Morgan fingerprint density at radius 2 is 1.74 bits per heavy atom. The predicted octanol–water partition coefficient (Wildman–Crippen LogP) is 2.12. The molecule has 1 saturated heterocycles. The van der Waals surface area contributed by atoms with Gasteiger partial charge in [0.25, 0.3) is 0 Å². The summed E-state index contributed by atoms with van der Waals surface area (Å²) in [6.45, 7) is 17.9. The van der Waals surface area contributed by atoms with E-state index in [1.54, 1.807) is 0 Å². The summed E-state index contributed by atoms with van der Waals surface area (Å²) in [5, 5.41) is 2.92. The highest BCUT2D eigenvalue weighted by Gasteiger charge is 2.41. The fraction of sp³-hybridized carbons (Fsp3) is 0.941. The number of nitrogens with one attached hydrogen (secondary N) is 1. The van der Waals surface area contributed by atoms with E-state index in [1.807, 2.05) is 27.7 Å². The first-order chi connectivity index (χ1) is 10.2. The van der Waals surface area contributed by atoms with Gasteiger partial charge in [-0.2, -0.15) is 0 Å². The minimum atomic E-state index is -0.509. The van der Waals surface area contributed by atoms with Crippen LogP contribution in [0.3, 0.4) is 0 Å². The summed E-state index contributed by atoms with van der Waals surface area (Å²) in [4.78, 5) is 14.3. The van der Waals surface area contributed by atoms with E-state index in [0.717, 1.165) is 13.1 Å². The monoisotopic (exact) mass is 329 g/mol. The van der Waals surface area contributed by atoms with Gasteiger partial charge >= 0.3 is 6.09 Å². The zero-order valence-corrected chi connectivity index (χ0v) is 16.0. The van der Waals surface area contributed by atoms with Crippen LogP contribution in [0.1, 0.15) is 55.4 Å². The van der Waals surface area contributed by atoms with Crippen LogP contribution in [0.5, 0.6) is 0 Å².